The molecule has 4 N–H and O–H groups in total. The van der Waals surface area contributed by atoms with Crippen LogP contribution in [0.5, 0.6) is 0 Å². The van der Waals surface area contributed by atoms with Gasteiger partial charge in [0.1, 0.15) is 12.1 Å². The van der Waals surface area contributed by atoms with Crippen molar-refractivity contribution >= 4 is 19.8 Å². The number of unbranched alkanes of at least 4 members (excludes halogenated alkanes) is 9. The minimum atomic E-state index is -4.63. The number of phosphoric ester groups is 1. The highest BCUT2D eigenvalue weighted by atomic mass is 31.2. The van der Waals surface area contributed by atoms with Crippen molar-refractivity contribution in [3.63, 3.8) is 0 Å². The molecule has 0 rings (SSSR count). The van der Waals surface area contributed by atoms with Crippen LogP contribution in [0.3, 0.4) is 0 Å². The van der Waals surface area contributed by atoms with Crippen LogP contribution in [-0.2, 0) is 32.7 Å². The minimum Gasteiger partial charge on any atom is -0.480 e. The van der Waals surface area contributed by atoms with E-state index in [0.29, 0.717) is 13.0 Å². The molecule has 0 aliphatic heterocycles. The van der Waals surface area contributed by atoms with Crippen molar-refractivity contribution in [2.24, 2.45) is 5.73 Å². The fraction of sp³-hybridized carbons (Fsp3) is 0.628. The Morgan fingerprint density at radius 1 is 0.611 bits per heavy atom. The smallest absolute Gasteiger partial charge is 0.472 e. The largest absolute Gasteiger partial charge is 0.480 e. The number of esters is 1. The van der Waals surface area contributed by atoms with E-state index < -0.39 is 45.1 Å². The summed E-state index contributed by atoms with van der Waals surface area (Å²) in [6.07, 6.45) is 47.8. The summed E-state index contributed by atoms with van der Waals surface area (Å²) < 4.78 is 33.2. The van der Waals surface area contributed by atoms with Gasteiger partial charge in [-0.05, 0) is 83.5 Å². The molecule has 3 atom stereocenters. The number of hydrogen-bond acceptors (Lipinski definition) is 8. The lowest BCUT2D eigenvalue weighted by Gasteiger charge is -2.20. The summed E-state index contributed by atoms with van der Waals surface area (Å²) in [7, 11) is -4.63. The van der Waals surface area contributed by atoms with Crippen molar-refractivity contribution in [3.8, 4) is 0 Å². The van der Waals surface area contributed by atoms with Gasteiger partial charge in [-0.1, -0.05) is 131 Å². The summed E-state index contributed by atoms with van der Waals surface area (Å²) in [6, 6.07) is -1.48. The normalized spacial score (nSPS) is 14.9. The van der Waals surface area contributed by atoms with Gasteiger partial charge in [0.05, 0.1) is 19.8 Å². The number of phosphoric acid groups is 1. The quantitative estimate of drug-likeness (QED) is 0.0240. The molecule has 11 heteroatoms. The van der Waals surface area contributed by atoms with Crippen LogP contribution >= 0.6 is 7.82 Å². The Balaban J connectivity index is 4.38. The molecule has 0 amide bonds. The van der Waals surface area contributed by atoms with Crippen LogP contribution in [0.15, 0.2) is 85.1 Å². The van der Waals surface area contributed by atoms with Crippen molar-refractivity contribution in [2.75, 3.05) is 26.4 Å². The summed E-state index contributed by atoms with van der Waals surface area (Å²) in [5.41, 5.74) is 5.34. The zero-order valence-electron chi connectivity index (χ0n) is 33.3. The molecule has 0 fully saturated rings. The van der Waals surface area contributed by atoms with E-state index in [-0.39, 0.29) is 13.0 Å². The summed E-state index contributed by atoms with van der Waals surface area (Å²) in [6.45, 7) is 3.60. The number of carbonyl (C=O) groups excluding carboxylic acids is 1. The first kappa shape index (κ1) is 51.1. The Morgan fingerprint density at radius 3 is 1.63 bits per heavy atom. The number of allylic oxidation sites excluding steroid dienone is 14. The maximum atomic E-state index is 12.6. The minimum absolute atomic E-state index is 0.0109. The predicted molar refractivity (Wildman–Crippen MR) is 221 cm³/mol. The van der Waals surface area contributed by atoms with Crippen LogP contribution in [0.1, 0.15) is 136 Å². The van der Waals surface area contributed by atoms with Gasteiger partial charge in [-0.3, -0.25) is 18.6 Å². The van der Waals surface area contributed by atoms with Crippen LogP contribution in [0.4, 0.5) is 0 Å². The molecule has 3 unspecified atom stereocenters. The molecule has 0 radical (unpaired) electrons. The average molecular weight is 778 g/mol. The fourth-order valence-electron chi connectivity index (χ4n) is 4.78. The molecule has 0 aliphatic rings. The van der Waals surface area contributed by atoms with E-state index in [4.69, 9.17) is 24.8 Å². The molecule has 0 saturated heterocycles. The first-order valence-corrected chi connectivity index (χ1v) is 21.6. The SMILES string of the molecule is CC/C=C\C/C=C\C/C=C\C/C=C\C/C=C\C/C=C\CCCCC(=O)OC(COCCCCCCCC/C=C\CCC)COP(=O)(O)OCC(N)C(=O)O. The zero-order valence-corrected chi connectivity index (χ0v) is 34.2. The van der Waals surface area contributed by atoms with Gasteiger partial charge in [0.2, 0.25) is 0 Å². The molecule has 54 heavy (non-hydrogen) atoms. The van der Waals surface area contributed by atoms with Gasteiger partial charge < -0.3 is 25.2 Å². The fourth-order valence-corrected chi connectivity index (χ4v) is 5.56. The van der Waals surface area contributed by atoms with Crippen LogP contribution in [0.25, 0.3) is 0 Å². The second-order valence-electron chi connectivity index (χ2n) is 13.0. The molecule has 0 aromatic heterocycles. The molecule has 10 nitrogen and oxygen atoms in total. The monoisotopic (exact) mass is 777 g/mol. The van der Waals surface area contributed by atoms with E-state index in [2.05, 4.69) is 103 Å². The highest BCUT2D eigenvalue weighted by molar-refractivity contribution is 7.47. The van der Waals surface area contributed by atoms with Crippen molar-refractivity contribution in [3.05, 3.63) is 85.1 Å². The van der Waals surface area contributed by atoms with Gasteiger partial charge >= 0.3 is 19.8 Å². The first-order valence-electron chi connectivity index (χ1n) is 20.1. The van der Waals surface area contributed by atoms with Crippen molar-refractivity contribution in [1.29, 1.82) is 0 Å². The van der Waals surface area contributed by atoms with Crippen molar-refractivity contribution in [1.82, 2.24) is 0 Å². The van der Waals surface area contributed by atoms with Gasteiger partial charge in [0.25, 0.3) is 0 Å². The number of carbonyl (C=O) groups is 2. The van der Waals surface area contributed by atoms with Gasteiger partial charge in [0.15, 0.2) is 0 Å². The second-order valence-corrected chi connectivity index (χ2v) is 14.5. The zero-order chi connectivity index (χ0) is 39.8. The topological polar surface area (TPSA) is 155 Å². The summed E-state index contributed by atoms with van der Waals surface area (Å²) in [4.78, 5) is 33.4. The average Bonchev–Trinajstić information content (AvgIpc) is 3.15. The summed E-state index contributed by atoms with van der Waals surface area (Å²) in [5.74, 6) is -1.84. The second kappa shape index (κ2) is 38.4. The Hall–Kier alpha value is -2.85. The van der Waals surface area contributed by atoms with E-state index >= 15 is 0 Å². The number of ether oxygens (including phenoxy) is 2. The van der Waals surface area contributed by atoms with E-state index in [1.165, 1.54) is 25.7 Å². The Bertz CT molecular complexity index is 1180. The van der Waals surface area contributed by atoms with Crippen molar-refractivity contribution < 1.29 is 42.7 Å². The van der Waals surface area contributed by atoms with Crippen LogP contribution in [0.2, 0.25) is 0 Å². The lowest BCUT2D eigenvalue weighted by atomic mass is 10.1. The molecule has 0 saturated carbocycles. The lowest BCUT2D eigenvalue weighted by Crippen LogP contribution is -2.34. The van der Waals surface area contributed by atoms with Gasteiger partial charge in [-0.2, -0.15) is 0 Å². The third-order valence-electron chi connectivity index (χ3n) is 7.89. The number of hydrogen-bond donors (Lipinski definition) is 3. The third-order valence-corrected chi connectivity index (χ3v) is 8.84. The number of rotatable bonds is 37. The molecule has 308 valence electrons. The van der Waals surface area contributed by atoms with Crippen molar-refractivity contribution in [2.45, 2.75) is 148 Å². The Kier molecular flexibility index (Phi) is 36.4. The number of carboxylic acids is 1. The van der Waals surface area contributed by atoms with E-state index in [1.807, 2.05) is 0 Å². The molecule has 0 spiro atoms. The molecular weight excluding hydrogens is 705 g/mol. The predicted octanol–water partition coefficient (Wildman–Crippen LogP) is 10.8. The number of aliphatic carboxylic acids is 1. The van der Waals surface area contributed by atoms with Crippen LogP contribution in [-0.4, -0.2) is 60.5 Å². The Labute approximate surface area is 326 Å². The maximum Gasteiger partial charge on any atom is 0.472 e. The molecule has 0 aliphatic carbocycles. The molecule has 0 heterocycles. The van der Waals surface area contributed by atoms with Gasteiger partial charge in [0, 0.05) is 13.0 Å². The first-order chi connectivity index (χ1) is 26.2. The molecular formula is C43H72NO9P. The highest BCUT2D eigenvalue weighted by Crippen LogP contribution is 2.43. The van der Waals surface area contributed by atoms with E-state index in [0.717, 1.165) is 83.5 Å². The molecule has 0 bridgehead atoms. The maximum absolute atomic E-state index is 12.6. The number of carboxylic acid groups (broad SMARTS) is 1. The van der Waals surface area contributed by atoms with E-state index in [1.54, 1.807) is 0 Å². The third kappa shape index (κ3) is 37.5. The summed E-state index contributed by atoms with van der Waals surface area (Å²) >= 11 is 0. The lowest BCUT2D eigenvalue weighted by molar-refractivity contribution is -0.154. The van der Waals surface area contributed by atoms with Gasteiger partial charge in [-0.15, -0.1) is 0 Å². The van der Waals surface area contributed by atoms with Crippen LogP contribution in [0, 0.1) is 0 Å². The summed E-state index contributed by atoms with van der Waals surface area (Å²) in [5, 5.41) is 8.87. The molecule has 0 aromatic rings. The van der Waals surface area contributed by atoms with E-state index in [9.17, 15) is 19.0 Å². The standard InChI is InChI=1S/C43H72NO9P/c1-3-5-7-9-11-13-15-16-17-18-19-20-21-22-23-24-25-27-29-31-33-35-42(45)53-40(38-51-54(48,49)52-39-41(44)43(46)47)37-50-36-34-32-30-28-26-14-12-10-8-6-4-2/h5,7-8,10-11,13,16-17,19-20,22-23,25,27,40-41H,3-4,6,9,12,14-15,18,21,24,26,28-39,44H2,1-2H3,(H,46,47)(H,48,49)/b7-5-,10-8-,13-11-,17-16-,20-19-,23-22-,27-25-. The van der Waals surface area contributed by atoms with Crippen LogP contribution < -0.4 is 5.73 Å². The Morgan fingerprint density at radius 2 is 1.07 bits per heavy atom. The number of nitrogens with two attached hydrogens (primary N) is 1. The highest BCUT2D eigenvalue weighted by Gasteiger charge is 2.27. The molecule has 0 aromatic carbocycles. The van der Waals surface area contributed by atoms with Gasteiger partial charge in [-0.25, -0.2) is 4.57 Å².